The van der Waals surface area contributed by atoms with Crippen molar-refractivity contribution in [1.29, 1.82) is 0 Å². The smallest absolute Gasteiger partial charge is 0.234 e. The minimum absolute atomic E-state index is 0. The van der Waals surface area contributed by atoms with E-state index in [9.17, 15) is 4.79 Å². The molecule has 0 saturated heterocycles. The predicted octanol–water partition coefficient (Wildman–Crippen LogP) is 2.93. The molecule has 0 aliphatic carbocycles. The van der Waals surface area contributed by atoms with Crippen molar-refractivity contribution in [2.75, 3.05) is 20.2 Å². The van der Waals surface area contributed by atoms with E-state index in [0.29, 0.717) is 12.5 Å². The quantitative estimate of drug-likeness (QED) is 0.775. The lowest BCUT2D eigenvalue weighted by molar-refractivity contribution is -0.120. The molecule has 5 heteroatoms. The van der Waals surface area contributed by atoms with Gasteiger partial charge in [0.25, 0.3) is 0 Å². The van der Waals surface area contributed by atoms with Crippen molar-refractivity contribution in [2.45, 2.75) is 33.2 Å². The highest BCUT2D eigenvalue weighted by Gasteiger charge is 2.08. The van der Waals surface area contributed by atoms with Gasteiger partial charge in [0, 0.05) is 0 Å². The second-order valence-electron chi connectivity index (χ2n) is 5.42. The fourth-order valence-corrected chi connectivity index (χ4v) is 1.80. The Balaban J connectivity index is 0.00000400. The highest BCUT2D eigenvalue weighted by atomic mass is 35.5. The maximum atomic E-state index is 11.5. The molecule has 0 aliphatic heterocycles. The van der Waals surface area contributed by atoms with Crippen molar-refractivity contribution >= 4 is 18.3 Å². The van der Waals surface area contributed by atoms with E-state index in [0.717, 1.165) is 24.3 Å². The second-order valence-corrected chi connectivity index (χ2v) is 5.42. The maximum Gasteiger partial charge on any atom is 0.234 e. The van der Waals surface area contributed by atoms with Gasteiger partial charge in [0.15, 0.2) is 0 Å². The van der Waals surface area contributed by atoms with Gasteiger partial charge in [-0.05, 0) is 44.0 Å². The van der Waals surface area contributed by atoms with Gasteiger partial charge in [-0.1, -0.05) is 26.0 Å². The molecule has 1 rings (SSSR count). The number of hydrogen-bond donors (Lipinski definition) is 2. The normalized spacial score (nSPS) is 11.7. The summed E-state index contributed by atoms with van der Waals surface area (Å²) in [6.07, 6.45) is 1.05. The second kappa shape index (κ2) is 10.5. The Morgan fingerprint density at radius 2 is 1.81 bits per heavy atom. The molecule has 0 aliphatic rings. The van der Waals surface area contributed by atoms with Crippen LogP contribution in [0.15, 0.2) is 24.3 Å². The van der Waals surface area contributed by atoms with E-state index in [1.165, 1.54) is 0 Å². The summed E-state index contributed by atoms with van der Waals surface area (Å²) < 4.78 is 5.67. The Morgan fingerprint density at radius 1 is 1.19 bits per heavy atom. The Labute approximate surface area is 134 Å². The number of halogens is 1. The van der Waals surface area contributed by atoms with Crippen molar-refractivity contribution in [1.82, 2.24) is 10.6 Å². The largest absolute Gasteiger partial charge is 0.494 e. The summed E-state index contributed by atoms with van der Waals surface area (Å²) in [4.78, 5) is 11.5. The lowest BCUT2D eigenvalue weighted by atomic mass is 10.1. The lowest BCUT2D eigenvalue weighted by Crippen LogP contribution is -2.33. The molecule has 0 heterocycles. The van der Waals surface area contributed by atoms with Crippen molar-refractivity contribution in [3.63, 3.8) is 0 Å². The topological polar surface area (TPSA) is 50.4 Å². The Kier molecular flexibility index (Phi) is 9.84. The van der Waals surface area contributed by atoms with Crippen LogP contribution in [0.3, 0.4) is 0 Å². The number of benzene rings is 1. The molecule has 0 saturated carbocycles. The number of carbonyl (C=O) groups is 1. The molecule has 0 aromatic heterocycles. The molecular weight excluding hydrogens is 288 g/mol. The highest BCUT2D eigenvalue weighted by Crippen LogP contribution is 2.18. The van der Waals surface area contributed by atoms with E-state index in [2.05, 4.69) is 24.5 Å². The minimum atomic E-state index is -0.00254. The molecule has 4 nitrogen and oxygen atoms in total. The third-order valence-corrected chi connectivity index (χ3v) is 3.06. The number of likely N-dealkylation sites (N-methyl/N-ethyl adjacent to an activating group) is 1. The van der Waals surface area contributed by atoms with Gasteiger partial charge >= 0.3 is 0 Å². The molecule has 1 unspecified atom stereocenters. The van der Waals surface area contributed by atoms with Crippen LogP contribution in [0, 0.1) is 5.92 Å². The maximum absolute atomic E-state index is 11.5. The number of hydrogen-bond acceptors (Lipinski definition) is 3. The van der Waals surface area contributed by atoms with Gasteiger partial charge < -0.3 is 15.4 Å². The van der Waals surface area contributed by atoms with Crippen LogP contribution in [0.5, 0.6) is 5.75 Å². The molecule has 1 atom stereocenters. The molecule has 21 heavy (non-hydrogen) atoms. The Hall–Kier alpha value is -1.26. The zero-order valence-electron chi connectivity index (χ0n) is 13.3. The first-order valence-electron chi connectivity index (χ1n) is 7.19. The molecule has 0 fully saturated rings. The number of carbonyl (C=O) groups excluding carboxylic acids is 1. The standard InChI is InChI=1S/C16H26N2O2.ClH/c1-12(2)9-10-20-15-7-5-14(6-8-15)13(3)18-16(19)11-17-4;/h5-8,12-13,17H,9-11H2,1-4H3,(H,18,19);1H. The number of ether oxygens (including phenoxy) is 1. The molecule has 0 spiro atoms. The molecular formula is C16H27ClN2O2. The number of amides is 1. The first kappa shape index (κ1) is 19.7. The third-order valence-electron chi connectivity index (χ3n) is 3.06. The van der Waals surface area contributed by atoms with Gasteiger partial charge in [-0.25, -0.2) is 0 Å². The van der Waals surface area contributed by atoms with Gasteiger partial charge in [-0.2, -0.15) is 0 Å². The summed E-state index contributed by atoms with van der Waals surface area (Å²) in [5.74, 6) is 1.53. The van der Waals surface area contributed by atoms with E-state index >= 15 is 0 Å². The van der Waals surface area contributed by atoms with Crippen molar-refractivity contribution in [3.05, 3.63) is 29.8 Å². The molecule has 1 aromatic carbocycles. The van der Waals surface area contributed by atoms with E-state index < -0.39 is 0 Å². The van der Waals surface area contributed by atoms with Crippen LogP contribution in [-0.4, -0.2) is 26.1 Å². The summed E-state index contributed by atoms with van der Waals surface area (Å²) in [7, 11) is 1.76. The van der Waals surface area contributed by atoms with E-state index in [1.807, 2.05) is 31.2 Å². The predicted molar refractivity (Wildman–Crippen MR) is 89.1 cm³/mol. The first-order chi connectivity index (χ1) is 9.52. The van der Waals surface area contributed by atoms with Gasteiger partial charge in [0.1, 0.15) is 5.75 Å². The highest BCUT2D eigenvalue weighted by molar-refractivity contribution is 5.85. The van der Waals surface area contributed by atoms with Crippen molar-refractivity contribution < 1.29 is 9.53 Å². The summed E-state index contributed by atoms with van der Waals surface area (Å²) in [6.45, 7) is 7.42. The van der Waals surface area contributed by atoms with Crippen molar-refractivity contribution in [3.8, 4) is 5.75 Å². The van der Waals surface area contributed by atoms with Gasteiger partial charge in [0.05, 0.1) is 19.2 Å². The average Bonchev–Trinajstić information content (AvgIpc) is 2.39. The zero-order chi connectivity index (χ0) is 15.0. The molecule has 1 aromatic rings. The van der Waals surface area contributed by atoms with Gasteiger partial charge in [-0.15, -0.1) is 12.4 Å². The molecule has 1 amide bonds. The van der Waals surface area contributed by atoms with E-state index in [-0.39, 0.29) is 24.4 Å². The van der Waals surface area contributed by atoms with Crippen molar-refractivity contribution in [2.24, 2.45) is 5.92 Å². The SMILES string of the molecule is CNCC(=O)NC(C)c1ccc(OCCC(C)C)cc1.Cl. The van der Waals surface area contributed by atoms with Crippen LogP contribution >= 0.6 is 12.4 Å². The fraction of sp³-hybridized carbons (Fsp3) is 0.562. The summed E-state index contributed by atoms with van der Waals surface area (Å²) in [5, 5.41) is 5.77. The van der Waals surface area contributed by atoms with Crippen LogP contribution in [0.25, 0.3) is 0 Å². The Morgan fingerprint density at radius 3 is 2.33 bits per heavy atom. The minimum Gasteiger partial charge on any atom is -0.494 e. The van der Waals surface area contributed by atoms with Crippen LogP contribution in [0.1, 0.15) is 38.8 Å². The third kappa shape index (κ3) is 7.93. The summed E-state index contributed by atoms with van der Waals surface area (Å²) >= 11 is 0. The fourth-order valence-electron chi connectivity index (χ4n) is 1.80. The number of rotatable bonds is 8. The monoisotopic (exact) mass is 314 g/mol. The van der Waals surface area contributed by atoms with Gasteiger partial charge in [-0.3, -0.25) is 4.79 Å². The van der Waals surface area contributed by atoms with E-state index in [1.54, 1.807) is 7.05 Å². The average molecular weight is 315 g/mol. The van der Waals surface area contributed by atoms with Crippen LogP contribution in [0.4, 0.5) is 0 Å². The zero-order valence-corrected chi connectivity index (χ0v) is 14.1. The Bertz CT molecular complexity index is 407. The summed E-state index contributed by atoms with van der Waals surface area (Å²) in [6, 6.07) is 7.90. The molecule has 2 N–H and O–H groups in total. The van der Waals surface area contributed by atoms with Crippen LogP contribution < -0.4 is 15.4 Å². The molecule has 0 radical (unpaired) electrons. The van der Waals surface area contributed by atoms with Gasteiger partial charge in [0.2, 0.25) is 5.91 Å². The molecule has 0 bridgehead atoms. The van der Waals surface area contributed by atoms with E-state index in [4.69, 9.17) is 4.74 Å². The van der Waals surface area contributed by atoms with Crippen LogP contribution in [-0.2, 0) is 4.79 Å². The first-order valence-corrected chi connectivity index (χ1v) is 7.19. The molecule has 120 valence electrons. The van der Waals surface area contributed by atoms with Crippen LogP contribution in [0.2, 0.25) is 0 Å². The summed E-state index contributed by atoms with van der Waals surface area (Å²) in [5.41, 5.74) is 1.07. The number of nitrogens with one attached hydrogen (secondary N) is 2. The lowest BCUT2D eigenvalue weighted by Gasteiger charge is -2.15.